The lowest BCUT2D eigenvalue weighted by Gasteiger charge is -2.28. The maximum Gasteiger partial charge on any atom is 0.255 e. The molecule has 38 heavy (non-hydrogen) atoms. The van der Waals surface area contributed by atoms with Gasteiger partial charge in [0, 0.05) is 43.5 Å². The van der Waals surface area contributed by atoms with E-state index in [4.69, 9.17) is 9.98 Å². The number of amidine groups is 1. The highest BCUT2D eigenvalue weighted by molar-refractivity contribution is 6.36. The lowest BCUT2D eigenvalue weighted by molar-refractivity contribution is 0.102. The highest BCUT2D eigenvalue weighted by Crippen LogP contribution is 2.37. The highest BCUT2D eigenvalue weighted by atomic mass is 19.1. The number of halogens is 1. The van der Waals surface area contributed by atoms with Crippen molar-refractivity contribution in [2.24, 2.45) is 4.99 Å². The number of hydrogen-bond donors (Lipinski definition) is 1. The zero-order chi connectivity index (χ0) is 27.2. The Balaban J connectivity index is 1.52. The van der Waals surface area contributed by atoms with Gasteiger partial charge in [0.05, 0.1) is 23.7 Å². The molecule has 0 spiro atoms. The first kappa shape index (κ1) is 25.1. The van der Waals surface area contributed by atoms with Crippen LogP contribution in [0.3, 0.4) is 0 Å². The fraction of sp³-hybridized carbons (Fsp3) is 0.276. The average Bonchev–Trinajstić information content (AvgIpc) is 3.40. The third-order valence-electron chi connectivity index (χ3n) is 6.80. The van der Waals surface area contributed by atoms with Crippen molar-refractivity contribution >= 4 is 40.8 Å². The fourth-order valence-corrected chi connectivity index (χ4v) is 4.58. The Hall–Kier alpha value is -4.58. The van der Waals surface area contributed by atoms with E-state index in [0.717, 1.165) is 28.4 Å². The summed E-state index contributed by atoms with van der Waals surface area (Å²) in [5, 5.41) is 12.2. The number of aryl methyl sites for hydroxylation is 1. The van der Waals surface area contributed by atoms with Gasteiger partial charge in [-0.2, -0.15) is 10.2 Å². The van der Waals surface area contributed by atoms with E-state index in [-0.39, 0.29) is 5.69 Å². The van der Waals surface area contributed by atoms with Crippen molar-refractivity contribution in [3.05, 3.63) is 76.2 Å². The number of carbonyl (C=O) groups is 1. The molecule has 8 nitrogen and oxygen atoms in total. The molecule has 1 N–H and O–H groups in total. The number of hydrogen-bond acceptors (Lipinski definition) is 7. The van der Waals surface area contributed by atoms with Crippen LogP contribution < -0.4 is 15.1 Å². The first-order chi connectivity index (χ1) is 18.1. The molecule has 1 amide bonds. The van der Waals surface area contributed by atoms with Crippen LogP contribution in [0.4, 0.5) is 21.8 Å². The third-order valence-corrected chi connectivity index (χ3v) is 6.80. The molecule has 2 aliphatic heterocycles. The minimum atomic E-state index is -0.757. The van der Waals surface area contributed by atoms with Gasteiger partial charge in [-0.15, -0.1) is 0 Å². The maximum absolute atomic E-state index is 15.1. The van der Waals surface area contributed by atoms with Crippen molar-refractivity contribution in [2.45, 2.75) is 26.2 Å². The topological polar surface area (TPSA) is 97.5 Å². The van der Waals surface area contributed by atoms with E-state index in [2.05, 4.69) is 21.3 Å². The lowest BCUT2D eigenvalue weighted by Crippen LogP contribution is -2.33. The first-order valence-corrected chi connectivity index (χ1v) is 12.3. The van der Waals surface area contributed by atoms with Crippen LogP contribution in [0.5, 0.6) is 0 Å². The van der Waals surface area contributed by atoms with E-state index in [0.29, 0.717) is 35.7 Å². The monoisotopic (exact) mass is 509 g/mol. The molecule has 2 aliphatic rings. The van der Waals surface area contributed by atoms with E-state index >= 15 is 4.39 Å². The molecule has 9 heteroatoms. The second-order valence-electron chi connectivity index (χ2n) is 10.2. The SMILES string of the molecule is Cc1cc(F)c(NC(=O)c2cccc(C(C)(C)C#N)c2)cc1C1=Cc2cnc(N(C)C)nc2N2CCN=C12. The zero-order valence-electron chi connectivity index (χ0n) is 22.0. The highest BCUT2D eigenvalue weighted by Gasteiger charge is 2.31. The second-order valence-corrected chi connectivity index (χ2v) is 10.2. The van der Waals surface area contributed by atoms with Crippen molar-refractivity contribution in [3.63, 3.8) is 0 Å². The summed E-state index contributed by atoms with van der Waals surface area (Å²) in [7, 11) is 3.78. The van der Waals surface area contributed by atoms with Crippen LogP contribution in [-0.4, -0.2) is 48.9 Å². The van der Waals surface area contributed by atoms with Crippen molar-refractivity contribution in [3.8, 4) is 6.07 Å². The van der Waals surface area contributed by atoms with Gasteiger partial charge in [0.2, 0.25) is 5.95 Å². The average molecular weight is 510 g/mol. The summed E-state index contributed by atoms with van der Waals surface area (Å²) in [6, 6.07) is 12.1. The van der Waals surface area contributed by atoms with Gasteiger partial charge in [-0.25, -0.2) is 9.37 Å². The summed E-state index contributed by atoms with van der Waals surface area (Å²) in [6.45, 7) is 6.70. The molecule has 0 atom stereocenters. The summed E-state index contributed by atoms with van der Waals surface area (Å²) in [6.07, 6.45) is 3.75. The standard InChI is InChI=1S/C29H28FN7O/c1-17-11-23(30)24(34-27(38)18-7-6-8-20(12-18)29(2,3)16-31)14-21(17)22-13-19-15-33-28(36(4)5)35-25(19)37-10-9-32-26(22)37/h6-8,11-15H,9-10H2,1-5H3,(H,34,38). The Morgan fingerprint density at radius 3 is 2.76 bits per heavy atom. The number of nitrogens with zero attached hydrogens (tertiary/aromatic N) is 6. The molecule has 0 saturated carbocycles. The van der Waals surface area contributed by atoms with Gasteiger partial charge >= 0.3 is 0 Å². The lowest BCUT2D eigenvalue weighted by atomic mass is 9.85. The van der Waals surface area contributed by atoms with Crippen molar-refractivity contribution in [1.82, 2.24) is 9.97 Å². The Morgan fingerprint density at radius 1 is 1.24 bits per heavy atom. The second kappa shape index (κ2) is 9.38. The summed E-state index contributed by atoms with van der Waals surface area (Å²) in [5.74, 6) is 1.17. The van der Waals surface area contributed by atoms with E-state index in [1.165, 1.54) is 6.07 Å². The normalized spacial score (nSPS) is 14.2. The van der Waals surface area contributed by atoms with Crippen LogP contribution in [0, 0.1) is 24.1 Å². The van der Waals surface area contributed by atoms with Crippen LogP contribution in [0.15, 0.2) is 47.6 Å². The smallest absolute Gasteiger partial charge is 0.255 e. The van der Waals surface area contributed by atoms with Gasteiger partial charge in [0.1, 0.15) is 17.5 Å². The summed E-state index contributed by atoms with van der Waals surface area (Å²) >= 11 is 0. The number of rotatable bonds is 5. The van der Waals surface area contributed by atoms with Crippen molar-refractivity contribution < 1.29 is 9.18 Å². The first-order valence-electron chi connectivity index (χ1n) is 12.3. The van der Waals surface area contributed by atoms with Crippen LogP contribution in [0.2, 0.25) is 0 Å². The number of benzene rings is 2. The molecule has 3 aromatic rings. The van der Waals surface area contributed by atoms with E-state index in [1.54, 1.807) is 50.4 Å². The zero-order valence-corrected chi connectivity index (χ0v) is 22.0. The van der Waals surface area contributed by atoms with Gasteiger partial charge in [0.25, 0.3) is 5.91 Å². The Bertz CT molecular complexity index is 1570. The van der Waals surface area contributed by atoms with Crippen LogP contribution in [0.25, 0.3) is 11.6 Å². The van der Waals surface area contributed by atoms with Crippen LogP contribution in [0.1, 0.15) is 46.5 Å². The number of amides is 1. The number of anilines is 3. The molecular weight excluding hydrogens is 481 g/mol. The number of fused-ring (bicyclic) bond motifs is 3. The quantitative estimate of drug-likeness (QED) is 0.530. The van der Waals surface area contributed by atoms with Gasteiger partial charge in [-0.05, 0) is 67.8 Å². The largest absolute Gasteiger partial charge is 0.347 e. The number of aromatic nitrogens is 2. The summed E-state index contributed by atoms with van der Waals surface area (Å²) in [4.78, 5) is 30.9. The van der Waals surface area contributed by atoms with Crippen LogP contribution in [-0.2, 0) is 5.41 Å². The third kappa shape index (κ3) is 4.39. The summed E-state index contributed by atoms with van der Waals surface area (Å²) < 4.78 is 15.1. The summed E-state index contributed by atoms with van der Waals surface area (Å²) in [5.41, 5.74) is 3.51. The number of nitriles is 1. The molecule has 0 unspecified atom stereocenters. The van der Waals surface area contributed by atoms with Gasteiger partial charge in [-0.3, -0.25) is 9.79 Å². The molecule has 0 radical (unpaired) electrons. The number of aliphatic imine (C=N–C) groups is 1. The Morgan fingerprint density at radius 2 is 2.03 bits per heavy atom. The van der Waals surface area contributed by atoms with Crippen molar-refractivity contribution in [1.29, 1.82) is 5.26 Å². The molecule has 0 bridgehead atoms. The molecule has 0 aliphatic carbocycles. The minimum Gasteiger partial charge on any atom is -0.347 e. The fourth-order valence-electron chi connectivity index (χ4n) is 4.58. The molecule has 0 fully saturated rings. The predicted octanol–water partition coefficient (Wildman–Crippen LogP) is 4.82. The Kier molecular flexibility index (Phi) is 6.19. The molecule has 1 aromatic heterocycles. The Labute approximate surface area is 221 Å². The predicted molar refractivity (Wildman–Crippen MR) is 148 cm³/mol. The van der Waals surface area contributed by atoms with Crippen molar-refractivity contribution in [2.75, 3.05) is 42.3 Å². The van der Waals surface area contributed by atoms with E-state index in [9.17, 15) is 10.1 Å². The molecule has 5 rings (SSSR count). The minimum absolute atomic E-state index is 0.0663. The number of nitrogens with one attached hydrogen (secondary N) is 1. The molecule has 2 aromatic carbocycles. The van der Waals surface area contributed by atoms with E-state index < -0.39 is 17.1 Å². The molecule has 3 heterocycles. The maximum atomic E-state index is 15.1. The van der Waals surface area contributed by atoms with Crippen LogP contribution >= 0.6 is 0 Å². The number of carbonyl (C=O) groups excluding carboxylic acids is 1. The van der Waals surface area contributed by atoms with Gasteiger partial charge in [-0.1, -0.05) is 12.1 Å². The van der Waals surface area contributed by atoms with E-state index in [1.807, 2.05) is 32.0 Å². The molecule has 192 valence electrons. The molecule has 0 saturated heterocycles. The molecular formula is C29H28FN7O. The van der Waals surface area contributed by atoms with Gasteiger partial charge < -0.3 is 15.1 Å². The van der Waals surface area contributed by atoms with Gasteiger partial charge in [0.15, 0.2) is 0 Å².